The average Bonchev–Trinajstić information content (AvgIpc) is 3.19. The van der Waals surface area contributed by atoms with Crippen LogP contribution in [-0.4, -0.2) is 49.7 Å². The number of ether oxygens (including phenoxy) is 3. The Labute approximate surface area is 273 Å². The van der Waals surface area contributed by atoms with Crippen LogP contribution >= 0.6 is 34.7 Å². The van der Waals surface area contributed by atoms with Crippen molar-refractivity contribution >= 4 is 58.7 Å². The number of carbonyl (C=O) groups excluding carboxylic acids is 4. The van der Waals surface area contributed by atoms with Crippen LogP contribution in [0.2, 0.25) is 10.0 Å². The van der Waals surface area contributed by atoms with Crippen molar-refractivity contribution in [3.8, 4) is 0 Å². The summed E-state index contributed by atoms with van der Waals surface area (Å²) in [6, 6.07) is 11.3. The lowest BCUT2D eigenvalue weighted by Crippen LogP contribution is -2.46. The average molecular weight is 682 g/mol. The summed E-state index contributed by atoms with van der Waals surface area (Å²) in [4.78, 5) is 68.7. The van der Waals surface area contributed by atoms with Crippen molar-refractivity contribution < 1.29 is 33.4 Å². The minimum atomic E-state index is -1.51. The van der Waals surface area contributed by atoms with E-state index in [1.54, 1.807) is 65.8 Å². The molecule has 0 saturated carbocycles. The lowest BCUT2D eigenvalue weighted by Gasteiger charge is -2.24. The molecule has 0 fully saturated rings. The maximum Gasteiger partial charge on any atom is 0.408 e. The second-order valence-electron chi connectivity index (χ2n) is 11.8. The van der Waals surface area contributed by atoms with Gasteiger partial charge in [0.1, 0.15) is 17.2 Å². The van der Waals surface area contributed by atoms with Gasteiger partial charge in [-0.15, -0.1) is 0 Å². The van der Waals surface area contributed by atoms with Crippen molar-refractivity contribution in [2.75, 3.05) is 0 Å². The van der Waals surface area contributed by atoms with Crippen LogP contribution in [0.3, 0.4) is 0 Å². The summed E-state index contributed by atoms with van der Waals surface area (Å²) in [5.41, 5.74) is -1.42. The molecule has 1 unspecified atom stereocenters. The van der Waals surface area contributed by atoms with Gasteiger partial charge in [0.15, 0.2) is 6.73 Å². The van der Waals surface area contributed by atoms with Gasteiger partial charge >= 0.3 is 23.7 Å². The molecule has 12 nitrogen and oxygen atoms in total. The molecule has 1 heterocycles. The highest BCUT2D eigenvalue weighted by Gasteiger charge is 2.30. The molecule has 0 radical (unpaired) electrons. The quantitative estimate of drug-likeness (QED) is 0.247. The standard InChI is InChI=1S/C30H34Cl2N4O8S/c1-29(2,3)43-23(37)15-22(33-27(40)44-30(4,5)6)25(39)42-17-35-26(34-24(38)19-9-13-21(32)14-10-19)45-36(28(35)41)16-18-7-11-20(31)12-8-18/h7-14,22H,15-17H2,1-6H3,(H,33,40). The highest BCUT2D eigenvalue weighted by molar-refractivity contribution is 7.03. The van der Waals surface area contributed by atoms with Gasteiger partial charge in [0, 0.05) is 15.6 Å². The van der Waals surface area contributed by atoms with E-state index >= 15 is 0 Å². The Bertz CT molecular complexity index is 1630. The van der Waals surface area contributed by atoms with Crippen LogP contribution < -0.4 is 15.8 Å². The number of hydrogen-bond donors (Lipinski definition) is 1. The van der Waals surface area contributed by atoms with Crippen LogP contribution in [0, 0.1) is 0 Å². The number of halogens is 2. The number of benzene rings is 2. The van der Waals surface area contributed by atoms with Gasteiger partial charge in [-0.1, -0.05) is 35.3 Å². The van der Waals surface area contributed by atoms with Gasteiger partial charge in [0.2, 0.25) is 4.80 Å². The first-order chi connectivity index (χ1) is 20.9. The van der Waals surface area contributed by atoms with E-state index in [2.05, 4.69) is 10.3 Å². The first-order valence-corrected chi connectivity index (χ1v) is 15.2. The summed E-state index contributed by atoms with van der Waals surface area (Å²) in [6.07, 6.45) is -1.54. The molecule has 0 aliphatic carbocycles. The number of rotatable bonds is 9. The van der Waals surface area contributed by atoms with Crippen LogP contribution in [0.1, 0.15) is 63.9 Å². The number of amides is 2. The van der Waals surface area contributed by atoms with Gasteiger partial charge in [-0.25, -0.2) is 22.9 Å². The van der Waals surface area contributed by atoms with Crippen molar-refractivity contribution in [1.29, 1.82) is 0 Å². The fraction of sp³-hybridized carbons (Fsp3) is 0.400. The van der Waals surface area contributed by atoms with Crippen molar-refractivity contribution in [3.05, 3.63) is 85.0 Å². The molecule has 0 spiro atoms. The normalized spacial score (nSPS) is 12.8. The molecule has 0 saturated heterocycles. The topological polar surface area (TPSA) is 147 Å². The zero-order valence-corrected chi connectivity index (χ0v) is 27.9. The Morgan fingerprint density at radius 2 is 1.44 bits per heavy atom. The van der Waals surface area contributed by atoms with Gasteiger partial charge in [-0.3, -0.25) is 9.59 Å². The molecule has 0 bridgehead atoms. The van der Waals surface area contributed by atoms with E-state index in [9.17, 15) is 24.0 Å². The molecule has 1 atom stereocenters. The second kappa shape index (κ2) is 14.9. The van der Waals surface area contributed by atoms with E-state index in [1.165, 1.54) is 28.2 Å². The van der Waals surface area contributed by atoms with Crippen molar-refractivity contribution in [2.45, 2.75) is 78.5 Å². The molecule has 3 aromatic rings. The minimum Gasteiger partial charge on any atom is -0.460 e. The first-order valence-electron chi connectivity index (χ1n) is 13.7. The minimum absolute atomic E-state index is 0.0643. The summed E-state index contributed by atoms with van der Waals surface area (Å²) in [6.45, 7) is 9.27. The lowest BCUT2D eigenvalue weighted by molar-refractivity contribution is -0.161. The molecule has 3 rings (SSSR count). The van der Waals surface area contributed by atoms with Gasteiger partial charge in [-0.05, 0) is 95.0 Å². The predicted octanol–water partition coefficient (Wildman–Crippen LogP) is 4.93. The Morgan fingerprint density at radius 3 is 2.00 bits per heavy atom. The van der Waals surface area contributed by atoms with Crippen molar-refractivity contribution in [1.82, 2.24) is 13.8 Å². The smallest absolute Gasteiger partial charge is 0.408 e. The number of hydrogen-bond acceptors (Lipinski definition) is 9. The molecule has 0 aliphatic heterocycles. The first kappa shape index (κ1) is 35.5. The third kappa shape index (κ3) is 11.5. The molecule has 2 aromatic carbocycles. The number of esters is 2. The van der Waals surface area contributed by atoms with Gasteiger partial charge < -0.3 is 19.5 Å². The molecule has 45 heavy (non-hydrogen) atoms. The maximum absolute atomic E-state index is 13.4. The monoisotopic (exact) mass is 680 g/mol. The van der Waals surface area contributed by atoms with E-state index in [4.69, 9.17) is 37.4 Å². The summed E-state index contributed by atoms with van der Waals surface area (Å²) in [5, 5.41) is 3.27. The van der Waals surface area contributed by atoms with Crippen molar-refractivity contribution in [2.24, 2.45) is 4.99 Å². The largest absolute Gasteiger partial charge is 0.460 e. The van der Waals surface area contributed by atoms with Gasteiger partial charge in [0.05, 0.1) is 13.0 Å². The summed E-state index contributed by atoms with van der Waals surface area (Å²) in [7, 11) is 0. The highest BCUT2D eigenvalue weighted by Crippen LogP contribution is 2.14. The van der Waals surface area contributed by atoms with Crippen LogP contribution in [0.25, 0.3) is 0 Å². The Hall–Kier alpha value is -3.94. The zero-order valence-electron chi connectivity index (χ0n) is 25.6. The number of carbonyl (C=O) groups is 4. The van der Waals surface area contributed by atoms with Crippen LogP contribution in [-0.2, 0) is 37.1 Å². The summed E-state index contributed by atoms with van der Waals surface area (Å²) in [5.74, 6) is -2.50. The van der Waals surface area contributed by atoms with E-state index in [0.717, 1.165) is 21.7 Å². The zero-order chi connectivity index (χ0) is 33.5. The third-order valence-corrected chi connectivity index (χ3v) is 6.98. The highest BCUT2D eigenvalue weighted by atomic mass is 35.5. The Kier molecular flexibility index (Phi) is 11.8. The lowest BCUT2D eigenvalue weighted by atomic mass is 10.1. The van der Waals surface area contributed by atoms with E-state index in [1.807, 2.05) is 0 Å². The molecular weight excluding hydrogens is 647 g/mol. The molecule has 242 valence electrons. The third-order valence-electron chi connectivity index (χ3n) is 5.50. The van der Waals surface area contributed by atoms with Crippen LogP contribution in [0.4, 0.5) is 4.79 Å². The van der Waals surface area contributed by atoms with E-state index in [-0.39, 0.29) is 16.9 Å². The fourth-order valence-corrected chi connectivity index (χ4v) is 4.81. The van der Waals surface area contributed by atoms with Crippen LogP contribution in [0.5, 0.6) is 0 Å². The number of nitrogens with one attached hydrogen (secondary N) is 1. The molecule has 1 aromatic heterocycles. The molecule has 1 N–H and O–H groups in total. The van der Waals surface area contributed by atoms with Gasteiger partial charge in [0.25, 0.3) is 5.91 Å². The van der Waals surface area contributed by atoms with E-state index in [0.29, 0.717) is 10.0 Å². The number of alkyl carbamates (subject to hydrolysis) is 1. The van der Waals surface area contributed by atoms with E-state index < -0.39 is 60.0 Å². The predicted molar refractivity (Wildman–Crippen MR) is 168 cm³/mol. The van der Waals surface area contributed by atoms with Crippen LogP contribution in [0.15, 0.2) is 58.3 Å². The summed E-state index contributed by atoms with van der Waals surface area (Å²) >= 11 is 12.8. The maximum atomic E-state index is 13.4. The molecule has 0 aliphatic rings. The second-order valence-corrected chi connectivity index (χ2v) is 13.6. The number of aromatic nitrogens is 2. The number of nitrogens with zero attached hydrogens (tertiary/aromatic N) is 3. The Morgan fingerprint density at radius 1 is 0.889 bits per heavy atom. The van der Waals surface area contributed by atoms with Crippen molar-refractivity contribution in [3.63, 3.8) is 0 Å². The molecule has 2 amide bonds. The summed E-state index contributed by atoms with van der Waals surface area (Å²) < 4.78 is 18.2. The molecular formula is C30H34Cl2N4O8S. The fourth-order valence-electron chi connectivity index (χ4n) is 3.62. The molecule has 15 heteroatoms. The SMILES string of the molecule is CC(C)(C)OC(=O)CC(NC(=O)OC(C)(C)C)C(=O)OCn1c(=NC(=O)c2ccc(Cl)cc2)sn(Cc2ccc(Cl)cc2)c1=O. The van der Waals surface area contributed by atoms with Gasteiger partial charge in [-0.2, -0.15) is 4.99 Å². The Balaban J connectivity index is 1.93.